The van der Waals surface area contributed by atoms with E-state index in [1.165, 1.54) is 14.2 Å². The first kappa shape index (κ1) is 27.4. The number of carbonyl (C=O) groups excluding carboxylic acids is 2. The summed E-state index contributed by atoms with van der Waals surface area (Å²) in [6.07, 6.45) is 0. The molecular formula is C34H30O8. The number of Topliss-reactive ketones (excluding diaryl/α,β-unsaturated/α-hetero) is 1. The molecule has 0 radical (unpaired) electrons. The van der Waals surface area contributed by atoms with Crippen LogP contribution in [0, 0.1) is 5.92 Å². The lowest BCUT2D eigenvalue weighted by atomic mass is 9.44. The quantitative estimate of drug-likeness (QED) is 0.295. The molecule has 1 N–H and O–H groups in total. The second kappa shape index (κ2) is 10.5. The van der Waals surface area contributed by atoms with Crippen molar-refractivity contribution in [2.75, 3.05) is 21.3 Å². The summed E-state index contributed by atoms with van der Waals surface area (Å²) in [5.74, 6) is -2.13. The van der Waals surface area contributed by atoms with E-state index in [0.29, 0.717) is 22.6 Å². The molecule has 0 spiro atoms. The van der Waals surface area contributed by atoms with Gasteiger partial charge in [-0.1, -0.05) is 72.8 Å². The van der Waals surface area contributed by atoms with Gasteiger partial charge in [-0.2, -0.15) is 0 Å². The van der Waals surface area contributed by atoms with E-state index in [2.05, 4.69) is 0 Å². The smallest absolute Gasteiger partial charge is 0.313 e. The molecule has 0 aromatic heterocycles. The van der Waals surface area contributed by atoms with Crippen molar-refractivity contribution in [3.63, 3.8) is 0 Å². The molecule has 1 heterocycles. The molecule has 4 atom stereocenters. The number of methoxy groups -OCH3 is 3. The fourth-order valence-electron chi connectivity index (χ4n) is 6.34. The van der Waals surface area contributed by atoms with Crippen molar-refractivity contribution < 1.29 is 38.4 Å². The summed E-state index contributed by atoms with van der Waals surface area (Å²) in [6, 6.07) is 29.0. The van der Waals surface area contributed by atoms with Crippen molar-refractivity contribution in [2.45, 2.75) is 23.7 Å². The Hall–Kier alpha value is -4.82. The Labute approximate surface area is 243 Å². The summed E-state index contributed by atoms with van der Waals surface area (Å²) < 4.78 is 29.0. The maximum Gasteiger partial charge on any atom is 0.313 e. The summed E-state index contributed by atoms with van der Waals surface area (Å²) in [4.78, 5) is 27.8. The molecule has 4 aromatic carbocycles. The Morgan fingerprint density at radius 3 is 2.14 bits per heavy atom. The van der Waals surface area contributed by atoms with Crippen LogP contribution in [-0.4, -0.2) is 43.8 Å². The summed E-state index contributed by atoms with van der Waals surface area (Å²) in [5, 5.41) is 12.5. The van der Waals surface area contributed by atoms with Gasteiger partial charge in [0.25, 0.3) is 0 Å². The van der Waals surface area contributed by atoms with Gasteiger partial charge in [0.15, 0.2) is 11.2 Å². The number of rotatable bonds is 8. The number of carbonyl (C=O) groups is 2. The van der Waals surface area contributed by atoms with E-state index >= 15 is 0 Å². The van der Waals surface area contributed by atoms with Gasteiger partial charge in [0, 0.05) is 18.1 Å². The standard InChI is InChI=1S/C34H30O8/c1-38-24-16-14-23(15-17-24)34-29(22-12-8-5-9-13-22)30(32(36)40-3)33(34,37)31(35)28-26(39-2)18-25(19-27(28)42-34)41-20-21-10-6-4-7-11-21/h4-19,29-30,37H,20H2,1-3H3/t29?,30?,33-,34+/m1/s1. The summed E-state index contributed by atoms with van der Waals surface area (Å²) in [7, 11) is 4.21. The Bertz CT molecular complexity index is 1620. The van der Waals surface area contributed by atoms with Crippen LogP contribution >= 0.6 is 0 Å². The topological polar surface area (TPSA) is 101 Å². The number of aliphatic hydroxyl groups is 1. The van der Waals surface area contributed by atoms with Gasteiger partial charge in [-0.25, -0.2) is 0 Å². The molecule has 8 nitrogen and oxygen atoms in total. The van der Waals surface area contributed by atoms with Crippen molar-refractivity contribution >= 4 is 11.8 Å². The minimum Gasteiger partial charge on any atom is -0.497 e. The number of hydrogen-bond acceptors (Lipinski definition) is 8. The van der Waals surface area contributed by atoms with Gasteiger partial charge in [-0.05, 0) is 28.8 Å². The Morgan fingerprint density at radius 1 is 0.857 bits per heavy atom. The van der Waals surface area contributed by atoms with Gasteiger partial charge in [0.05, 0.1) is 21.3 Å². The van der Waals surface area contributed by atoms with Crippen LogP contribution in [0.3, 0.4) is 0 Å². The second-order valence-electron chi connectivity index (χ2n) is 10.3. The number of fused-ring (bicyclic) bond motifs is 2. The van der Waals surface area contributed by atoms with E-state index in [4.69, 9.17) is 23.7 Å². The van der Waals surface area contributed by atoms with Gasteiger partial charge in [0.1, 0.15) is 41.1 Å². The highest BCUT2D eigenvalue weighted by molar-refractivity contribution is 6.13. The van der Waals surface area contributed by atoms with Crippen molar-refractivity contribution in [1.82, 2.24) is 0 Å². The van der Waals surface area contributed by atoms with E-state index in [0.717, 1.165) is 5.56 Å². The molecule has 0 saturated heterocycles. The number of esters is 1. The van der Waals surface area contributed by atoms with E-state index in [9.17, 15) is 14.7 Å². The minimum absolute atomic E-state index is 0.0246. The van der Waals surface area contributed by atoms with Gasteiger partial charge in [-0.3, -0.25) is 9.59 Å². The van der Waals surface area contributed by atoms with E-state index in [-0.39, 0.29) is 23.7 Å². The zero-order valence-electron chi connectivity index (χ0n) is 23.4. The second-order valence-corrected chi connectivity index (χ2v) is 10.3. The molecule has 6 rings (SSSR count). The average molecular weight is 567 g/mol. The third kappa shape index (κ3) is 3.94. The highest BCUT2D eigenvalue weighted by atomic mass is 16.5. The Balaban J connectivity index is 1.55. The van der Waals surface area contributed by atoms with Crippen LogP contribution in [0.4, 0.5) is 0 Å². The molecule has 0 bridgehead atoms. The third-order valence-corrected chi connectivity index (χ3v) is 8.27. The zero-order chi connectivity index (χ0) is 29.5. The highest BCUT2D eigenvalue weighted by Gasteiger charge is 2.82. The molecular weight excluding hydrogens is 536 g/mol. The van der Waals surface area contributed by atoms with E-state index in [1.54, 1.807) is 43.5 Å². The van der Waals surface area contributed by atoms with Gasteiger partial charge < -0.3 is 28.8 Å². The molecule has 1 fully saturated rings. The molecule has 4 aromatic rings. The molecule has 2 aliphatic rings. The molecule has 214 valence electrons. The monoisotopic (exact) mass is 566 g/mol. The summed E-state index contributed by atoms with van der Waals surface area (Å²) >= 11 is 0. The fourth-order valence-corrected chi connectivity index (χ4v) is 6.34. The molecule has 2 unspecified atom stereocenters. The summed E-state index contributed by atoms with van der Waals surface area (Å²) in [6.45, 7) is 0.279. The highest BCUT2D eigenvalue weighted by Crippen LogP contribution is 2.69. The maximum atomic E-state index is 14.5. The average Bonchev–Trinajstić information content (AvgIpc) is 3.04. The van der Waals surface area contributed by atoms with Crippen LogP contribution in [0.25, 0.3) is 0 Å². The van der Waals surface area contributed by atoms with Crippen molar-refractivity contribution in [2.24, 2.45) is 5.92 Å². The lowest BCUT2D eigenvalue weighted by Crippen LogP contribution is -2.80. The molecule has 1 aliphatic heterocycles. The van der Waals surface area contributed by atoms with Crippen LogP contribution in [0.1, 0.15) is 33.0 Å². The van der Waals surface area contributed by atoms with Crippen LogP contribution in [0.2, 0.25) is 0 Å². The maximum absolute atomic E-state index is 14.5. The lowest BCUT2D eigenvalue weighted by Gasteiger charge is -2.65. The normalized spacial score (nSPS) is 23.9. The first-order valence-electron chi connectivity index (χ1n) is 13.5. The van der Waals surface area contributed by atoms with Crippen molar-refractivity contribution in [3.05, 3.63) is 119 Å². The zero-order valence-corrected chi connectivity index (χ0v) is 23.4. The largest absolute Gasteiger partial charge is 0.497 e. The molecule has 0 amide bonds. The minimum atomic E-state index is -2.32. The number of ketones is 1. The number of benzene rings is 4. The predicted octanol–water partition coefficient (Wildman–Crippen LogP) is 5.07. The Kier molecular flexibility index (Phi) is 6.86. The van der Waals surface area contributed by atoms with Gasteiger partial charge in [-0.15, -0.1) is 0 Å². The molecule has 1 aliphatic carbocycles. The van der Waals surface area contributed by atoms with Gasteiger partial charge >= 0.3 is 5.97 Å². The van der Waals surface area contributed by atoms with Crippen LogP contribution < -0.4 is 18.9 Å². The van der Waals surface area contributed by atoms with Crippen LogP contribution in [0.5, 0.6) is 23.0 Å². The van der Waals surface area contributed by atoms with E-state index in [1.807, 2.05) is 60.7 Å². The molecule has 1 saturated carbocycles. The predicted molar refractivity (Wildman–Crippen MR) is 153 cm³/mol. The van der Waals surface area contributed by atoms with Crippen LogP contribution in [0.15, 0.2) is 97.1 Å². The lowest BCUT2D eigenvalue weighted by molar-refractivity contribution is -0.251. The molecule has 8 heteroatoms. The first-order chi connectivity index (χ1) is 20.4. The van der Waals surface area contributed by atoms with E-state index < -0.39 is 34.8 Å². The SMILES string of the molecule is COC(=O)C1C(c2ccccc2)[C@]2(c3ccc(OC)cc3)Oc3cc(OCc4ccccc4)cc(OC)c3C(=O)[C@]12O. The third-order valence-electron chi connectivity index (χ3n) is 8.27. The Morgan fingerprint density at radius 2 is 1.52 bits per heavy atom. The van der Waals surface area contributed by atoms with Crippen molar-refractivity contribution in [1.29, 1.82) is 0 Å². The van der Waals surface area contributed by atoms with Gasteiger partial charge in [0.2, 0.25) is 5.78 Å². The number of ether oxygens (including phenoxy) is 5. The van der Waals surface area contributed by atoms with Crippen molar-refractivity contribution in [3.8, 4) is 23.0 Å². The summed E-state index contributed by atoms with van der Waals surface area (Å²) in [5.41, 5.74) is -1.83. The molecule has 42 heavy (non-hydrogen) atoms. The fraction of sp³-hybridized carbons (Fsp3) is 0.235. The number of hydrogen-bond donors (Lipinski definition) is 1. The van der Waals surface area contributed by atoms with Crippen LogP contribution in [-0.2, 0) is 21.7 Å². The first-order valence-corrected chi connectivity index (χ1v) is 13.5.